The van der Waals surface area contributed by atoms with E-state index in [1.807, 2.05) is 30.5 Å². The van der Waals surface area contributed by atoms with Crippen LogP contribution < -0.4 is 15.5 Å². The minimum Gasteiger partial charge on any atom is -0.352 e. The maximum atomic E-state index is 13.0. The lowest BCUT2D eigenvalue weighted by Gasteiger charge is -2.27. The summed E-state index contributed by atoms with van der Waals surface area (Å²) in [5.74, 6) is 1.41. The number of carbonyl (C=O) groups is 2. The third-order valence-corrected chi connectivity index (χ3v) is 6.49. The topological polar surface area (TPSA) is 79.3 Å². The van der Waals surface area contributed by atoms with Crippen molar-refractivity contribution in [2.75, 3.05) is 23.5 Å². The van der Waals surface area contributed by atoms with Crippen LogP contribution in [-0.2, 0) is 11.3 Å². The number of hydrogen-bond donors (Lipinski definition) is 2. The Morgan fingerprint density at radius 1 is 1.21 bits per heavy atom. The van der Waals surface area contributed by atoms with E-state index in [1.54, 1.807) is 16.7 Å². The van der Waals surface area contributed by atoms with Crippen LogP contribution in [0.25, 0.3) is 11.0 Å². The van der Waals surface area contributed by atoms with Crippen molar-refractivity contribution in [1.29, 1.82) is 0 Å². The number of fused-ring (bicyclic) bond motifs is 3. The summed E-state index contributed by atoms with van der Waals surface area (Å²) in [6.45, 7) is 1.28. The average Bonchev–Trinajstić information content (AvgIpc) is 3.31. The first kappa shape index (κ1) is 20.1. The Morgan fingerprint density at radius 3 is 2.79 bits per heavy atom. The molecular weight excluding hydrogens is 386 g/mol. The Labute approximate surface area is 175 Å². The molecule has 1 atom stereocenters. The zero-order valence-electron chi connectivity index (χ0n) is 16.9. The number of para-hydroxylation sites is 2. The van der Waals surface area contributed by atoms with Gasteiger partial charge in [0.2, 0.25) is 11.9 Å². The third-order valence-electron chi connectivity index (χ3n) is 5.84. The lowest BCUT2D eigenvalue weighted by atomic mass is 9.95. The third kappa shape index (κ3) is 4.37. The molecule has 2 heterocycles. The van der Waals surface area contributed by atoms with E-state index in [-0.39, 0.29) is 18.0 Å². The van der Waals surface area contributed by atoms with Crippen molar-refractivity contribution in [2.45, 2.75) is 57.2 Å². The number of imidazole rings is 1. The molecule has 2 N–H and O–H groups in total. The summed E-state index contributed by atoms with van der Waals surface area (Å²) in [6, 6.07) is 7.37. The molecule has 3 amide bonds. The van der Waals surface area contributed by atoms with Gasteiger partial charge >= 0.3 is 6.03 Å². The molecule has 0 unspecified atom stereocenters. The number of benzene rings is 1. The highest BCUT2D eigenvalue weighted by molar-refractivity contribution is 7.98. The van der Waals surface area contributed by atoms with E-state index in [4.69, 9.17) is 0 Å². The summed E-state index contributed by atoms with van der Waals surface area (Å²) in [5, 5.41) is 6.14. The second kappa shape index (κ2) is 9.07. The highest BCUT2D eigenvalue weighted by Gasteiger charge is 2.31. The maximum absolute atomic E-state index is 13.0. The number of hydrogen-bond acceptors (Lipinski definition) is 4. The van der Waals surface area contributed by atoms with Gasteiger partial charge in [-0.25, -0.2) is 9.78 Å². The summed E-state index contributed by atoms with van der Waals surface area (Å²) in [6.07, 6.45) is 8.27. The van der Waals surface area contributed by atoms with E-state index < -0.39 is 6.04 Å². The van der Waals surface area contributed by atoms with E-state index in [0.717, 1.165) is 42.5 Å². The predicted octanol–water partition coefficient (Wildman–Crippen LogP) is 3.14. The van der Waals surface area contributed by atoms with Crippen LogP contribution in [0.15, 0.2) is 24.3 Å². The van der Waals surface area contributed by atoms with Crippen molar-refractivity contribution in [3.05, 3.63) is 24.3 Å². The molecule has 0 saturated heterocycles. The molecule has 29 heavy (non-hydrogen) atoms. The minimum absolute atomic E-state index is 0.0630. The molecule has 1 aromatic carbocycles. The fourth-order valence-corrected chi connectivity index (χ4v) is 4.73. The predicted molar refractivity (Wildman–Crippen MR) is 117 cm³/mol. The van der Waals surface area contributed by atoms with E-state index in [9.17, 15) is 9.59 Å². The van der Waals surface area contributed by atoms with Crippen LogP contribution in [0.2, 0.25) is 0 Å². The van der Waals surface area contributed by atoms with Crippen LogP contribution >= 0.6 is 11.8 Å². The van der Waals surface area contributed by atoms with Crippen LogP contribution in [0, 0.1) is 0 Å². The summed E-state index contributed by atoms with van der Waals surface area (Å²) in [4.78, 5) is 32.2. The summed E-state index contributed by atoms with van der Waals surface area (Å²) < 4.78 is 2.06. The molecule has 1 saturated carbocycles. The monoisotopic (exact) mass is 415 g/mol. The first-order valence-corrected chi connectivity index (χ1v) is 11.9. The van der Waals surface area contributed by atoms with Crippen LogP contribution in [0.5, 0.6) is 0 Å². The molecule has 0 spiro atoms. The highest BCUT2D eigenvalue weighted by Crippen LogP contribution is 2.27. The second-order valence-corrected chi connectivity index (χ2v) is 8.82. The first-order chi connectivity index (χ1) is 14.2. The number of urea groups is 1. The number of nitrogens with zero attached hydrogens (tertiary/aromatic N) is 3. The lowest BCUT2D eigenvalue weighted by molar-refractivity contribution is -0.123. The van der Waals surface area contributed by atoms with Crippen molar-refractivity contribution in [1.82, 2.24) is 20.2 Å². The number of amides is 3. The van der Waals surface area contributed by atoms with Gasteiger partial charge in [-0.3, -0.25) is 9.69 Å². The number of rotatable bonds is 6. The van der Waals surface area contributed by atoms with E-state index in [0.29, 0.717) is 25.5 Å². The van der Waals surface area contributed by atoms with Gasteiger partial charge in [0, 0.05) is 19.1 Å². The number of carbonyl (C=O) groups excluding carboxylic acids is 2. The van der Waals surface area contributed by atoms with Gasteiger partial charge in [0.1, 0.15) is 6.04 Å². The molecule has 0 bridgehead atoms. The Morgan fingerprint density at radius 2 is 2.00 bits per heavy atom. The van der Waals surface area contributed by atoms with Crippen molar-refractivity contribution in [3.8, 4) is 0 Å². The number of anilines is 1. The van der Waals surface area contributed by atoms with Gasteiger partial charge in [0.25, 0.3) is 0 Å². The highest BCUT2D eigenvalue weighted by atomic mass is 32.2. The van der Waals surface area contributed by atoms with Crippen molar-refractivity contribution < 1.29 is 9.59 Å². The van der Waals surface area contributed by atoms with Crippen molar-refractivity contribution in [3.63, 3.8) is 0 Å². The van der Waals surface area contributed by atoms with Gasteiger partial charge in [-0.15, -0.1) is 0 Å². The fraction of sp³-hybridized carbons (Fsp3) is 0.571. The Bertz CT molecular complexity index is 877. The van der Waals surface area contributed by atoms with Gasteiger partial charge in [-0.05, 0) is 43.4 Å². The molecule has 156 valence electrons. The maximum Gasteiger partial charge on any atom is 0.324 e. The average molecular weight is 416 g/mol. The summed E-state index contributed by atoms with van der Waals surface area (Å²) >= 11 is 1.68. The Kier molecular flexibility index (Phi) is 6.28. The van der Waals surface area contributed by atoms with Crippen LogP contribution in [0.3, 0.4) is 0 Å². The SMILES string of the molecule is CSCC[C@H](NC(=O)N1CCn2c1nc1ccccc12)C(=O)NC1CCCCC1. The van der Waals surface area contributed by atoms with Gasteiger partial charge in [0.05, 0.1) is 11.0 Å². The molecule has 2 aliphatic rings. The molecule has 0 radical (unpaired) electrons. The van der Waals surface area contributed by atoms with Crippen LogP contribution in [0.4, 0.5) is 10.7 Å². The largest absolute Gasteiger partial charge is 0.352 e. The summed E-state index contributed by atoms with van der Waals surface area (Å²) in [5.41, 5.74) is 1.92. The van der Waals surface area contributed by atoms with Crippen molar-refractivity contribution in [2.24, 2.45) is 0 Å². The van der Waals surface area contributed by atoms with Gasteiger partial charge in [0.15, 0.2) is 0 Å². The number of thioether (sulfide) groups is 1. The standard InChI is InChI=1S/C21H29N5O2S/c1-29-14-11-17(19(27)22-15-7-3-2-4-8-15)24-21(28)26-13-12-25-18-10-6-5-9-16(18)23-20(25)26/h5-6,9-10,15,17H,2-4,7-8,11-14H2,1H3,(H,22,27)(H,24,28)/t17-/m0/s1. The molecule has 1 fully saturated rings. The molecule has 2 aromatic rings. The van der Waals surface area contributed by atoms with Gasteiger partial charge < -0.3 is 15.2 Å². The molecule has 8 heteroatoms. The number of aromatic nitrogens is 2. The Hall–Kier alpha value is -2.22. The molecule has 4 rings (SSSR count). The first-order valence-electron chi connectivity index (χ1n) is 10.5. The molecular formula is C21H29N5O2S. The van der Waals surface area contributed by atoms with Gasteiger partial charge in [-0.1, -0.05) is 31.4 Å². The molecule has 1 aliphatic carbocycles. The van der Waals surface area contributed by atoms with Gasteiger partial charge in [-0.2, -0.15) is 11.8 Å². The minimum atomic E-state index is -0.518. The lowest BCUT2D eigenvalue weighted by Crippen LogP contribution is -2.53. The molecule has 7 nitrogen and oxygen atoms in total. The second-order valence-electron chi connectivity index (χ2n) is 7.83. The Balaban J connectivity index is 1.45. The van der Waals surface area contributed by atoms with E-state index in [1.165, 1.54) is 6.42 Å². The molecule has 1 aromatic heterocycles. The number of nitrogens with one attached hydrogen (secondary N) is 2. The van der Waals surface area contributed by atoms with Crippen molar-refractivity contribution >= 4 is 40.7 Å². The summed E-state index contributed by atoms with van der Waals surface area (Å²) in [7, 11) is 0. The quantitative estimate of drug-likeness (QED) is 0.760. The van der Waals surface area contributed by atoms with E-state index >= 15 is 0 Å². The normalized spacial score (nSPS) is 17.9. The molecule has 1 aliphatic heterocycles. The fourth-order valence-electron chi connectivity index (χ4n) is 4.26. The zero-order valence-corrected chi connectivity index (χ0v) is 17.7. The van der Waals surface area contributed by atoms with Crippen LogP contribution in [-0.4, -0.2) is 52.1 Å². The van der Waals surface area contributed by atoms with E-state index in [2.05, 4.69) is 20.2 Å². The van der Waals surface area contributed by atoms with Crippen LogP contribution in [0.1, 0.15) is 38.5 Å². The smallest absolute Gasteiger partial charge is 0.324 e. The zero-order chi connectivity index (χ0) is 20.2.